The van der Waals surface area contributed by atoms with Crippen LogP contribution < -0.4 is 0 Å². The number of hydrogen-bond acceptors (Lipinski definition) is 1. The van der Waals surface area contributed by atoms with Crippen molar-refractivity contribution < 1.29 is 9.90 Å². The Labute approximate surface area is 291 Å². The maximum atomic E-state index is 10.7. The van der Waals surface area contributed by atoms with Crippen molar-refractivity contribution in [3.63, 3.8) is 0 Å². The minimum Gasteiger partial charge on any atom is -0.478 e. The molecule has 274 valence electrons. The van der Waals surface area contributed by atoms with Crippen LogP contribution in [-0.2, 0) is 4.79 Å². The lowest BCUT2D eigenvalue weighted by molar-refractivity contribution is -0.132. The van der Waals surface area contributed by atoms with E-state index in [4.69, 9.17) is 5.11 Å². The van der Waals surface area contributed by atoms with Crippen molar-refractivity contribution in [2.45, 2.75) is 264 Å². The van der Waals surface area contributed by atoms with Gasteiger partial charge in [-0.05, 0) is 12.8 Å². The van der Waals surface area contributed by atoms with E-state index in [0.29, 0.717) is 12.0 Å². The summed E-state index contributed by atoms with van der Waals surface area (Å²) in [7, 11) is 0. The Balaban J connectivity index is 3.06. The average Bonchev–Trinajstić information content (AvgIpc) is 3.05. The molecule has 0 saturated carbocycles. The first-order valence-electron chi connectivity index (χ1n) is 21.6. The van der Waals surface area contributed by atoms with Gasteiger partial charge in [-0.15, -0.1) is 0 Å². The van der Waals surface area contributed by atoms with E-state index in [2.05, 4.69) is 13.5 Å². The lowest BCUT2D eigenvalue weighted by atomic mass is 10.0. The van der Waals surface area contributed by atoms with Crippen LogP contribution in [0.1, 0.15) is 264 Å². The topological polar surface area (TPSA) is 37.3 Å². The molecule has 0 aromatic carbocycles. The maximum absolute atomic E-state index is 10.7. The minimum atomic E-state index is -0.836. The molecule has 0 bridgehead atoms. The molecule has 46 heavy (non-hydrogen) atoms. The first-order chi connectivity index (χ1) is 22.7. The van der Waals surface area contributed by atoms with E-state index in [1.165, 1.54) is 238 Å². The van der Waals surface area contributed by atoms with E-state index in [0.717, 1.165) is 12.8 Å². The Morgan fingerprint density at radius 1 is 0.326 bits per heavy atom. The summed E-state index contributed by atoms with van der Waals surface area (Å²) < 4.78 is 0. The van der Waals surface area contributed by atoms with Gasteiger partial charge in [0, 0.05) is 5.57 Å². The standard InChI is InChI=1S/C44H86O2/c1-3-4-5-6-7-8-9-10-11-12-13-14-15-16-17-18-19-20-21-22-23-24-25-26-27-28-29-30-31-32-33-34-35-36-37-38-39-40-41-42-43(2)44(45)46/h2-42H2,1H3,(H,45,46). The van der Waals surface area contributed by atoms with Gasteiger partial charge in [0.15, 0.2) is 0 Å². The molecule has 0 spiro atoms. The molecule has 0 radical (unpaired) electrons. The largest absolute Gasteiger partial charge is 0.478 e. The molecule has 0 rings (SSSR count). The van der Waals surface area contributed by atoms with Crippen molar-refractivity contribution in [2.75, 3.05) is 0 Å². The smallest absolute Gasteiger partial charge is 0.330 e. The van der Waals surface area contributed by atoms with Gasteiger partial charge < -0.3 is 5.11 Å². The van der Waals surface area contributed by atoms with Gasteiger partial charge in [0.05, 0.1) is 0 Å². The molecular formula is C44H86O2. The third kappa shape index (κ3) is 39.4. The highest BCUT2D eigenvalue weighted by Gasteiger charge is 2.03. The second-order valence-electron chi connectivity index (χ2n) is 15.1. The summed E-state index contributed by atoms with van der Waals surface area (Å²) in [5, 5.41) is 8.82. The van der Waals surface area contributed by atoms with Crippen molar-refractivity contribution in [3.8, 4) is 0 Å². The molecule has 0 heterocycles. The molecule has 2 nitrogen and oxygen atoms in total. The SMILES string of the molecule is C=C(CCCCCCCCCCCCCCCCCCCCCCCCCCCCCCCCCCCCCCCCC)C(=O)O. The fourth-order valence-corrected chi connectivity index (χ4v) is 7.06. The monoisotopic (exact) mass is 647 g/mol. The Kier molecular flexibility index (Phi) is 39.7. The van der Waals surface area contributed by atoms with Gasteiger partial charge in [-0.3, -0.25) is 0 Å². The Morgan fingerprint density at radius 2 is 0.478 bits per heavy atom. The summed E-state index contributed by atoms with van der Waals surface area (Å²) in [6.07, 6.45) is 56.4. The van der Waals surface area contributed by atoms with Gasteiger partial charge in [-0.1, -0.05) is 257 Å². The number of aliphatic carboxylic acids is 1. The van der Waals surface area contributed by atoms with Crippen molar-refractivity contribution in [3.05, 3.63) is 12.2 Å². The molecule has 0 saturated heterocycles. The number of carbonyl (C=O) groups is 1. The Hall–Kier alpha value is -0.790. The summed E-state index contributed by atoms with van der Waals surface area (Å²) in [5.74, 6) is -0.836. The number of carboxylic acid groups (broad SMARTS) is 1. The summed E-state index contributed by atoms with van der Waals surface area (Å²) >= 11 is 0. The lowest BCUT2D eigenvalue weighted by Gasteiger charge is -2.05. The van der Waals surface area contributed by atoms with Gasteiger partial charge in [-0.2, -0.15) is 0 Å². The van der Waals surface area contributed by atoms with Crippen LogP contribution in [0.3, 0.4) is 0 Å². The summed E-state index contributed by atoms with van der Waals surface area (Å²) in [4.78, 5) is 10.7. The van der Waals surface area contributed by atoms with E-state index in [-0.39, 0.29) is 0 Å². The Bertz CT molecular complexity index is 597. The quantitative estimate of drug-likeness (QED) is 0.0530. The van der Waals surface area contributed by atoms with Crippen molar-refractivity contribution >= 4 is 5.97 Å². The average molecular weight is 647 g/mol. The van der Waals surface area contributed by atoms with Crippen LogP contribution in [0.25, 0.3) is 0 Å². The van der Waals surface area contributed by atoms with E-state index in [1.807, 2.05) is 0 Å². The summed E-state index contributed by atoms with van der Waals surface area (Å²) in [6.45, 7) is 5.91. The van der Waals surface area contributed by atoms with E-state index >= 15 is 0 Å². The predicted octanol–water partition coefficient (Wildman–Crippen LogP) is 16.3. The molecule has 0 aromatic rings. The highest BCUT2D eigenvalue weighted by Crippen LogP contribution is 2.18. The molecule has 0 amide bonds. The zero-order valence-electron chi connectivity index (χ0n) is 31.8. The van der Waals surface area contributed by atoms with Crippen molar-refractivity contribution in [1.82, 2.24) is 0 Å². The lowest BCUT2D eigenvalue weighted by Crippen LogP contribution is -1.98. The number of rotatable bonds is 41. The Morgan fingerprint density at radius 3 is 0.630 bits per heavy atom. The molecule has 0 atom stereocenters. The molecule has 2 heteroatoms. The van der Waals surface area contributed by atoms with Crippen LogP contribution in [0.4, 0.5) is 0 Å². The molecule has 0 unspecified atom stereocenters. The zero-order chi connectivity index (χ0) is 33.4. The second-order valence-corrected chi connectivity index (χ2v) is 15.1. The van der Waals surface area contributed by atoms with Crippen LogP contribution in [0.5, 0.6) is 0 Å². The number of hydrogen-bond donors (Lipinski definition) is 1. The maximum Gasteiger partial charge on any atom is 0.330 e. The fourth-order valence-electron chi connectivity index (χ4n) is 7.06. The number of carboxylic acids is 1. The van der Waals surface area contributed by atoms with Crippen LogP contribution >= 0.6 is 0 Å². The van der Waals surface area contributed by atoms with Crippen molar-refractivity contribution in [1.29, 1.82) is 0 Å². The first kappa shape index (κ1) is 45.2. The summed E-state index contributed by atoms with van der Waals surface area (Å²) in [6, 6.07) is 0. The molecule has 0 fully saturated rings. The third-order valence-corrected chi connectivity index (χ3v) is 10.4. The number of unbranched alkanes of at least 4 members (excludes halogenated alkanes) is 38. The minimum absolute atomic E-state index is 0.363. The fraction of sp³-hybridized carbons (Fsp3) is 0.932. The van der Waals surface area contributed by atoms with E-state index < -0.39 is 5.97 Å². The van der Waals surface area contributed by atoms with Gasteiger partial charge in [0.1, 0.15) is 0 Å². The highest BCUT2D eigenvalue weighted by atomic mass is 16.4. The van der Waals surface area contributed by atoms with E-state index in [9.17, 15) is 4.79 Å². The van der Waals surface area contributed by atoms with Crippen LogP contribution in [0.2, 0.25) is 0 Å². The highest BCUT2D eigenvalue weighted by molar-refractivity contribution is 5.85. The molecule has 1 N–H and O–H groups in total. The van der Waals surface area contributed by atoms with Crippen LogP contribution in [0.15, 0.2) is 12.2 Å². The van der Waals surface area contributed by atoms with Crippen LogP contribution in [-0.4, -0.2) is 11.1 Å². The molecule has 0 aliphatic heterocycles. The normalized spacial score (nSPS) is 11.4. The third-order valence-electron chi connectivity index (χ3n) is 10.4. The molecule has 0 aliphatic rings. The summed E-state index contributed by atoms with van der Waals surface area (Å²) in [5.41, 5.74) is 0.363. The van der Waals surface area contributed by atoms with Crippen molar-refractivity contribution in [2.24, 2.45) is 0 Å². The van der Waals surface area contributed by atoms with Gasteiger partial charge in [0.25, 0.3) is 0 Å². The first-order valence-corrected chi connectivity index (χ1v) is 21.6. The zero-order valence-corrected chi connectivity index (χ0v) is 31.8. The predicted molar refractivity (Wildman–Crippen MR) is 207 cm³/mol. The van der Waals surface area contributed by atoms with Gasteiger partial charge in [0.2, 0.25) is 0 Å². The van der Waals surface area contributed by atoms with E-state index in [1.54, 1.807) is 0 Å². The van der Waals surface area contributed by atoms with Gasteiger partial charge in [-0.25, -0.2) is 4.79 Å². The molecular weight excluding hydrogens is 560 g/mol. The molecule has 0 aliphatic carbocycles. The van der Waals surface area contributed by atoms with Gasteiger partial charge >= 0.3 is 5.97 Å². The molecule has 0 aromatic heterocycles. The second kappa shape index (κ2) is 40.4. The van der Waals surface area contributed by atoms with Crippen LogP contribution in [0, 0.1) is 0 Å².